The summed E-state index contributed by atoms with van der Waals surface area (Å²) in [5, 5.41) is 12.2. The Bertz CT molecular complexity index is 1150. The van der Waals surface area contributed by atoms with Gasteiger partial charge in [0.25, 0.3) is 0 Å². The van der Waals surface area contributed by atoms with Crippen molar-refractivity contribution < 1.29 is 4.79 Å². The Labute approximate surface area is 199 Å². The van der Waals surface area contributed by atoms with Crippen LogP contribution in [0.3, 0.4) is 0 Å². The molecule has 0 radical (unpaired) electrons. The molecule has 1 saturated heterocycles. The summed E-state index contributed by atoms with van der Waals surface area (Å²) in [4.78, 5) is 17.6. The molecule has 0 aliphatic carbocycles. The number of benzene rings is 3. The van der Waals surface area contributed by atoms with Crippen LogP contribution in [0.15, 0.2) is 91.0 Å². The molecule has 1 aromatic heterocycles. The summed E-state index contributed by atoms with van der Waals surface area (Å²) < 4.78 is 1.78. The van der Waals surface area contributed by atoms with E-state index < -0.39 is 0 Å². The maximum Gasteiger partial charge on any atom is 0.223 e. The van der Waals surface area contributed by atoms with Crippen LogP contribution in [0, 0.1) is 0 Å². The third kappa shape index (κ3) is 5.05. The first-order chi connectivity index (χ1) is 16.8. The van der Waals surface area contributed by atoms with Gasteiger partial charge in [0, 0.05) is 38.5 Å². The molecular weight excluding hydrogens is 424 g/mol. The van der Waals surface area contributed by atoms with E-state index >= 15 is 0 Å². The van der Waals surface area contributed by atoms with Crippen molar-refractivity contribution in [1.29, 1.82) is 0 Å². The number of amides is 1. The largest absolute Gasteiger partial charge is 0.340 e. The Balaban J connectivity index is 1.21. The lowest BCUT2D eigenvalue weighted by atomic mass is 9.88. The van der Waals surface area contributed by atoms with E-state index in [2.05, 4.69) is 44.7 Å². The molecule has 0 N–H and O–H groups in total. The number of para-hydroxylation sites is 1. The number of tetrazole rings is 1. The summed E-state index contributed by atoms with van der Waals surface area (Å²) in [7, 11) is 0. The van der Waals surface area contributed by atoms with Gasteiger partial charge in [-0.2, -0.15) is 4.68 Å². The fourth-order valence-corrected chi connectivity index (χ4v) is 4.53. The van der Waals surface area contributed by atoms with Crippen molar-refractivity contribution in [2.45, 2.75) is 18.9 Å². The summed E-state index contributed by atoms with van der Waals surface area (Å²) in [6.45, 7) is 3.67. The molecule has 0 atom stereocenters. The van der Waals surface area contributed by atoms with Crippen LogP contribution in [0.4, 0.5) is 0 Å². The van der Waals surface area contributed by atoms with E-state index in [1.165, 1.54) is 11.1 Å². The topological polar surface area (TPSA) is 67.2 Å². The molecule has 34 heavy (non-hydrogen) atoms. The second-order valence-electron chi connectivity index (χ2n) is 8.58. The van der Waals surface area contributed by atoms with Gasteiger partial charge in [-0.25, -0.2) is 0 Å². The van der Waals surface area contributed by atoms with Crippen molar-refractivity contribution >= 4 is 5.91 Å². The van der Waals surface area contributed by atoms with Gasteiger partial charge in [-0.05, 0) is 33.7 Å². The van der Waals surface area contributed by atoms with E-state index in [1.807, 2.05) is 71.6 Å². The maximum absolute atomic E-state index is 13.3. The minimum Gasteiger partial charge on any atom is -0.340 e. The van der Waals surface area contributed by atoms with Crippen molar-refractivity contribution in [3.63, 3.8) is 0 Å². The molecule has 7 nitrogen and oxygen atoms in total. The second-order valence-corrected chi connectivity index (χ2v) is 8.58. The molecule has 1 amide bonds. The van der Waals surface area contributed by atoms with Gasteiger partial charge < -0.3 is 4.90 Å². The molecule has 2 heterocycles. The fourth-order valence-electron chi connectivity index (χ4n) is 4.53. The van der Waals surface area contributed by atoms with Gasteiger partial charge in [0.15, 0.2) is 5.82 Å². The van der Waals surface area contributed by atoms with E-state index in [-0.39, 0.29) is 11.8 Å². The number of carbonyl (C=O) groups is 1. The van der Waals surface area contributed by atoms with Gasteiger partial charge in [-0.15, -0.1) is 5.10 Å². The summed E-state index contributed by atoms with van der Waals surface area (Å²) in [6.07, 6.45) is 0.472. The standard InChI is InChI=1S/C27H28N6O/c34-27(20-25(22-10-4-1-5-11-22)23-12-6-2-7-13-23)32-18-16-31(17-19-32)21-26-28-29-30-33(26)24-14-8-3-9-15-24/h1-15,25H,16-21H2. The Hall–Kier alpha value is -3.84. The van der Waals surface area contributed by atoms with Crippen molar-refractivity contribution in [2.75, 3.05) is 26.2 Å². The molecule has 172 valence electrons. The van der Waals surface area contributed by atoms with Gasteiger partial charge >= 0.3 is 0 Å². The molecule has 0 unspecified atom stereocenters. The first-order valence-electron chi connectivity index (χ1n) is 11.7. The second kappa shape index (κ2) is 10.4. The van der Waals surface area contributed by atoms with Crippen molar-refractivity contribution in [2.24, 2.45) is 0 Å². The van der Waals surface area contributed by atoms with Gasteiger partial charge in [-0.3, -0.25) is 9.69 Å². The highest BCUT2D eigenvalue weighted by Gasteiger charge is 2.26. The predicted octanol–water partition coefficient (Wildman–Crippen LogP) is 3.53. The predicted molar refractivity (Wildman–Crippen MR) is 130 cm³/mol. The zero-order valence-corrected chi connectivity index (χ0v) is 19.1. The summed E-state index contributed by atoms with van der Waals surface area (Å²) >= 11 is 0. The van der Waals surface area contributed by atoms with Gasteiger partial charge in [0.2, 0.25) is 5.91 Å². The maximum atomic E-state index is 13.3. The van der Waals surface area contributed by atoms with Crippen LogP contribution < -0.4 is 0 Å². The molecule has 1 fully saturated rings. The number of carbonyl (C=O) groups excluding carboxylic acids is 1. The fraction of sp³-hybridized carbons (Fsp3) is 0.259. The van der Waals surface area contributed by atoms with Gasteiger partial charge in [0.1, 0.15) is 0 Å². The van der Waals surface area contributed by atoms with Crippen LogP contribution in [0.25, 0.3) is 5.69 Å². The van der Waals surface area contributed by atoms with Crippen LogP contribution in [0.5, 0.6) is 0 Å². The number of piperazine rings is 1. The molecule has 1 aliphatic heterocycles. The number of rotatable bonds is 7. The zero-order chi connectivity index (χ0) is 23.2. The lowest BCUT2D eigenvalue weighted by Gasteiger charge is -2.35. The quantitative estimate of drug-likeness (QED) is 0.429. The van der Waals surface area contributed by atoms with Crippen molar-refractivity contribution in [3.8, 4) is 5.69 Å². The van der Waals surface area contributed by atoms with Crippen LogP contribution >= 0.6 is 0 Å². The highest BCUT2D eigenvalue weighted by Crippen LogP contribution is 2.28. The van der Waals surface area contributed by atoms with Crippen LogP contribution in [-0.2, 0) is 11.3 Å². The summed E-state index contributed by atoms with van der Waals surface area (Å²) in [5.74, 6) is 1.06. The highest BCUT2D eigenvalue weighted by molar-refractivity contribution is 5.78. The highest BCUT2D eigenvalue weighted by atomic mass is 16.2. The summed E-state index contributed by atoms with van der Waals surface area (Å²) in [5.41, 5.74) is 3.30. The van der Waals surface area contributed by atoms with E-state index in [4.69, 9.17) is 0 Å². The van der Waals surface area contributed by atoms with E-state index in [9.17, 15) is 4.79 Å². The average Bonchev–Trinajstić information content (AvgIpc) is 3.37. The Kier molecular flexibility index (Phi) is 6.72. The monoisotopic (exact) mass is 452 g/mol. The first-order valence-corrected chi connectivity index (χ1v) is 11.7. The normalized spacial score (nSPS) is 14.4. The molecule has 0 spiro atoms. The first kappa shape index (κ1) is 22.0. The van der Waals surface area contributed by atoms with E-state index in [0.717, 1.165) is 24.6 Å². The lowest BCUT2D eigenvalue weighted by Crippen LogP contribution is -2.48. The molecule has 0 saturated carbocycles. The van der Waals surface area contributed by atoms with Crippen LogP contribution in [-0.4, -0.2) is 62.1 Å². The van der Waals surface area contributed by atoms with Gasteiger partial charge in [-0.1, -0.05) is 78.9 Å². The Morgan fingerprint density at radius 3 is 1.91 bits per heavy atom. The Morgan fingerprint density at radius 2 is 1.32 bits per heavy atom. The third-order valence-electron chi connectivity index (χ3n) is 6.41. The molecular formula is C27H28N6O. The number of hydrogen-bond acceptors (Lipinski definition) is 5. The molecule has 0 bridgehead atoms. The van der Waals surface area contributed by atoms with Crippen molar-refractivity contribution in [3.05, 3.63) is 108 Å². The minimum absolute atomic E-state index is 0.0587. The Morgan fingerprint density at radius 1 is 0.765 bits per heavy atom. The molecule has 4 aromatic rings. The SMILES string of the molecule is O=C(CC(c1ccccc1)c1ccccc1)N1CCN(Cc2nnnn2-c2ccccc2)CC1. The minimum atomic E-state index is 0.0587. The van der Waals surface area contributed by atoms with Crippen molar-refractivity contribution in [1.82, 2.24) is 30.0 Å². The van der Waals surface area contributed by atoms with Gasteiger partial charge in [0.05, 0.1) is 12.2 Å². The smallest absolute Gasteiger partial charge is 0.223 e. The van der Waals surface area contributed by atoms with E-state index in [0.29, 0.717) is 26.1 Å². The van der Waals surface area contributed by atoms with Crippen LogP contribution in [0.2, 0.25) is 0 Å². The summed E-state index contributed by atoms with van der Waals surface area (Å²) in [6, 6.07) is 30.5. The number of hydrogen-bond donors (Lipinski definition) is 0. The molecule has 5 rings (SSSR count). The molecule has 7 heteroatoms. The molecule has 1 aliphatic rings. The number of nitrogens with zero attached hydrogens (tertiary/aromatic N) is 6. The zero-order valence-electron chi connectivity index (χ0n) is 19.1. The lowest BCUT2D eigenvalue weighted by molar-refractivity contribution is -0.133. The molecule has 3 aromatic carbocycles. The third-order valence-corrected chi connectivity index (χ3v) is 6.41. The van der Waals surface area contributed by atoms with Crippen LogP contribution in [0.1, 0.15) is 29.3 Å². The average molecular weight is 453 g/mol. The van der Waals surface area contributed by atoms with E-state index in [1.54, 1.807) is 4.68 Å². The number of aromatic nitrogens is 4.